The Bertz CT molecular complexity index is 473. The van der Waals surface area contributed by atoms with Crippen molar-refractivity contribution in [1.82, 2.24) is 10.6 Å². The first-order valence-electron chi connectivity index (χ1n) is 6.95. The van der Waals surface area contributed by atoms with Gasteiger partial charge in [0.15, 0.2) is 0 Å². The fourth-order valence-corrected chi connectivity index (χ4v) is 3.14. The van der Waals surface area contributed by atoms with Gasteiger partial charge in [0.05, 0.1) is 0 Å². The van der Waals surface area contributed by atoms with Crippen LogP contribution < -0.4 is 10.6 Å². The maximum Gasteiger partial charge on any atom is 0.407 e. The molecule has 0 unspecified atom stereocenters. The number of hydrogen-bond donors (Lipinski definition) is 2. The summed E-state index contributed by atoms with van der Waals surface area (Å²) in [6, 6.07) is 2.13. The number of carbonyl (C=O) groups excluding carboxylic acids is 1. The summed E-state index contributed by atoms with van der Waals surface area (Å²) in [4.78, 5) is 14.2. The van der Waals surface area contributed by atoms with E-state index < -0.39 is 5.60 Å². The minimum absolute atomic E-state index is 0.207. The van der Waals surface area contributed by atoms with E-state index in [-0.39, 0.29) is 11.6 Å². The van der Waals surface area contributed by atoms with Gasteiger partial charge in [-0.25, -0.2) is 4.79 Å². The molecule has 1 rings (SSSR count). The molecule has 1 aromatic heterocycles. The van der Waals surface area contributed by atoms with Gasteiger partial charge in [0.1, 0.15) is 5.60 Å². The lowest BCUT2D eigenvalue weighted by molar-refractivity contribution is 0.0513. The molecule has 0 aromatic carbocycles. The summed E-state index contributed by atoms with van der Waals surface area (Å²) in [5.41, 5.74) is -0.677. The zero-order chi connectivity index (χ0) is 16.3. The molecule has 0 atom stereocenters. The van der Waals surface area contributed by atoms with Gasteiger partial charge in [-0.15, -0.1) is 11.3 Å². The maximum atomic E-state index is 11.7. The molecule has 0 fully saturated rings. The Labute approximate surface area is 139 Å². The van der Waals surface area contributed by atoms with Crippen LogP contribution in [0.5, 0.6) is 0 Å². The van der Waals surface area contributed by atoms with Crippen molar-refractivity contribution >= 4 is 33.4 Å². The van der Waals surface area contributed by atoms with E-state index in [2.05, 4.69) is 53.4 Å². The van der Waals surface area contributed by atoms with Crippen molar-refractivity contribution in [2.24, 2.45) is 0 Å². The van der Waals surface area contributed by atoms with Crippen LogP contribution in [0.2, 0.25) is 0 Å². The van der Waals surface area contributed by atoms with Crippen LogP contribution in [0.25, 0.3) is 0 Å². The van der Waals surface area contributed by atoms with E-state index in [0.717, 1.165) is 11.0 Å². The molecule has 0 radical (unpaired) electrons. The highest BCUT2D eigenvalue weighted by molar-refractivity contribution is 9.10. The van der Waals surface area contributed by atoms with Gasteiger partial charge in [-0.3, -0.25) is 0 Å². The van der Waals surface area contributed by atoms with Crippen molar-refractivity contribution in [3.05, 3.63) is 20.3 Å². The second-order valence-corrected chi connectivity index (χ2v) is 8.90. The van der Waals surface area contributed by atoms with Crippen LogP contribution in [0.4, 0.5) is 4.79 Å². The van der Waals surface area contributed by atoms with Gasteiger partial charge in [0.2, 0.25) is 0 Å². The third kappa shape index (κ3) is 7.29. The second kappa shape index (κ2) is 7.11. The molecule has 1 heterocycles. The van der Waals surface area contributed by atoms with Gasteiger partial charge in [0, 0.05) is 32.9 Å². The molecule has 1 amide bonds. The number of rotatable bonds is 5. The monoisotopic (exact) mass is 376 g/mol. The van der Waals surface area contributed by atoms with E-state index in [4.69, 9.17) is 4.74 Å². The van der Waals surface area contributed by atoms with Gasteiger partial charge in [-0.2, -0.15) is 0 Å². The average molecular weight is 377 g/mol. The molecule has 0 spiro atoms. The van der Waals surface area contributed by atoms with Gasteiger partial charge in [-0.05, 0) is 63.5 Å². The van der Waals surface area contributed by atoms with Crippen LogP contribution in [-0.2, 0) is 11.3 Å². The molecular formula is C15H25BrN2O2S. The first kappa shape index (κ1) is 18.5. The van der Waals surface area contributed by atoms with Crippen LogP contribution in [-0.4, -0.2) is 23.8 Å². The average Bonchev–Trinajstić information content (AvgIpc) is 2.62. The molecule has 2 N–H and O–H groups in total. The number of halogens is 1. The molecule has 0 aliphatic heterocycles. The predicted molar refractivity (Wildman–Crippen MR) is 91.9 cm³/mol. The zero-order valence-corrected chi connectivity index (χ0v) is 16.0. The molecule has 0 bridgehead atoms. The molecular weight excluding hydrogens is 352 g/mol. The lowest BCUT2D eigenvalue weighted by atomic mass is 10.1. The summed E-state index contributed by atoms with van der Waals surface area (Å²) >= 11 is 5.29. The third-order valence-electron chi connectivity index (χ3n) is 2.72. The third-order valence-corrected chi connectivity index (χ3v) is 4.86. The Kier molecular flexibility index (Phi) is 6.25. The fraction of sp³-hybridized carbons (Fsp3) is 0.667. The molecule has 6 heteroatoms. The first-order chi connectivity index (χ1) is 9.48. The SMILES string of the molecule is Cc1sc(CNC(C)(C)CNC(=O)OC(C)(C)C)cc1Br. The highest BCUT2D eigenvalue weighted by Crippen LogP contribution is 2.26. The lowest BCUT2D eigenvalue weighted by Crippen LogP contribution is -2.49. The van der Waals surface area contributed by atoms with Crippen molar-refractivity contribution in [1.29, 1.82) is 0 Å². The molecule has 0 aliphatic carbocycles. The van der Waals surface area contributed by atoms with Crippen LogP contribution in [0.15, 0.2) is 10.5 Å². The number of thiophene rings is 1. The van der Waals surface area contributed by atoms with Crippen LogP contribution in [0.1, 0.15) is 44.4 Å². The largest absolute Gasteiger partial charge is 0.444 e. The van der Waals surface area contributed by atoms with Gasteiger partial charge in [-0.1, -0.05) is 0 Å². The number of amides is 1. The molecule has 120 valence electrons. The lowest BCUT2D eigenvalue weighted by Gasteiger charge is -2.27. The first-order valence-corrected chi connectivity index (χ1v) is 8.56. The molecule has 0 saturated heterocycles. The van der Waals surface area contributed by atoms with Crippen LogP contribution >= 0.6 is 27.3 Å². The molecule has 0 aliphatic rings. The Morgan fingerprint density at radius 3 is 2.43 bits per heavy atom. The number of alkyl carbamates (subject to hydrolysis) is 1. The Hall–Kier alpha value is -0.590. The Morgan fingerprint density at radius 1 is 1.33 bits per heavy atom. The van der Waals surface area contributed by atoms with E-state index in [1.54, 1.807) is 11.3 Å². The molecule has 0 saturated carbocycles. The Balaban J connectivity index is 2.41. The maximum absolute atomic E-state index is 11.7. The standard InChI is InChI=1S/C15H25BrN2O2S/c1-10-12(16)7-11(21-10)8-18-15(5,6)9-17-13(19)20-14(2,3)4/h7,18H,8-9H2,1-6H3,(H,17,19). The fourth-order valence-electron chi connectivity index (χ4n) is 1.60. The summed E-state index contributed by atoms with van der Waals surface area (Å²) < 4.78 is 6.38. The van der Waals surface area contributed by atoms with Crippen molar-refractivity contribution in [2.45, 2.75) is 59.2 Å². The number of aryl methyl sites for hydroxylation is 1. The van der Waals surface area contributed by atoms with Crippen molar-refractivity contribution in [3.63, 3.8) is 0 Å². The zero-order valence-electron chi connectivity index (χ0n) is 13.6. The quantitative estimate of drug-likeness (QED) is 0.808. The van der Waals surface area contributed by atoms with Gasteiger partial charge < -0.3 is 15.4 Å². The number of nitrogens with one attached hydrogen (secondary N) is 2. The van der Waals surface area contributed by atoms with E-state index in [0.29, 0.717) is 6.54 Å². The van der Waals surface area contributed by atoms with Crippen LogP contribution in [0.3, 0.4) is 0 Å². The molecule has 4 nitrogen and oxygen atoms in total. The van der Waals surface area contributed by atoms with Gasteiger partial charge in [0.25, 0.3) is 0 Å². The number of hydrogen-bond acceptors (Lipinski definition) is 4. The van der Waals surface area contributed by atoms with Crippen molar-refractivity contribution in [3.8, 4) is 0 Å². The van der Waals surface area contributed by atoms with E-state index in [1.165, 1.54) is 9.75 Å². The topological polar surface area (TPSA) is 50.4 Å². The van der Waals surface area contributed by atoms with E-state index >= 15 is 0 Å². The molecule has 1 aromatic rings. The number of carbonyl (C=O) groups is 1. The minimum Gasteiger partial charge on any atom is -0.444 e. The summed E-state index contributed by atoms with van der Waals surface area (Å²) in [6.45, 7) is 13.0. The summed E-state index contributed by atoms with van der Waals surface area (Å²) in [5, 5.41) is 6.26. The van der Waals surface area contributed by atoms with E-state index in [1.807, 2.05) is 20.8 Å². The minimum atomic E-state index is -0.470. The van der Waals surface area contributed by atoms with Gasteiger partial charge >= 0.3 is 6.09 Å². The van der Waals surface area contributed by atoms with Crippen molar-refractivity contribution in [2.75, 3.05) is 6.54 Å². The second-order valence-electron chi connectivity index (χ2n) is 6.71. The number of ether oxygens (including phenoxy) is 1. The summed E-state index contributed by atoms with van der Waals surface area (Å²) in [5.74, 6) is 0. The van der Waals surface area contributed by atoms with Crippen LogP contribution in [0, 0.1) is 6.92 Å². The highest BCUT2D eigenvalue weighted by Gasteiger charge is 2.21. The summed E-state index contributed by atoms with van der Waals surface area (Å²) in [6.07, 6.45) is -0.382. The van der Waals surface area contributed by atoms with E-state index in [9.17, 15) is 4.79 Å². The molecule has 21 heavy (non-hydrogen) atoms. The Morgan fingerprint density at radius 2 is 1.95 bits per heavy atom. The van der Waals surface area contributed by atoms with Crippen molar-refractivity contribution < 1.29 is 9.53 Å². The summed E-state index contributed by atoms with van der Waals surface area (Å²) in [7, 11) is 0. The highest BCUT2D eigenvalue weighted by atomic mass is 79.9. The normalized spacial score (nSPS) is 12.3. The predicted octanol–water partition coefficient (Wildman–Crippen LogP) is 4.21. The smallest absolute Gasteiger partial charge is 0.407 e.